The van der Waals surface area contributed by atoms with E-state index < -0.39 is 96.3 Å². The molecule has 1 saturated heterocycles. The molecule has 1 aliphatic heterocycles. The second-order valence-corrected chi connectivity index (χ2v) is 16.2. The van der Waals surface area contributed by atoms with Crippen molar-refractivity contribution in [1.29, 1.82) is 0 Å². The molecule has 0 radical (unpaired) electrons. The number of amides is 8. The number of nitrogens with zero attached hydrogens (tertiary/aromatic N) is 1. The molecule has 8 amide bonds. The highest BCUT2D eigenvalue weighted by Crippen LogP contribution is 2.22. The fourth-order valence-electron chi connectivity index (χ4n) is 6.11. The molecule has 1 aliphatic rings. The number of carbonyl (C=O) groups excluding carboxylic acids is 9. The molecule has 0 aromatic heterocycles. The number of hydrogen-bond acceptors (Lipinski definition) is 11. The molecular formula is C42H58N8O11. The van der Waals surface area contributed by atoms with Crippen LogP contribution >= 0.6 is 0 Å². The summed E-state index contributed by atoms with van der Waals surface area (Å²) in [7, 11) is 1.22. The lowest BCUT2D eigenvalue weighted by Crippen LogP contribution is -2.55. The Labute approximate surface area is 355 Å². The first kappa shape index (κ1) is 48.8. The van der Waals surface area contributed by atoms with Gasteiger partial charge in [0.05, 0.1) is 20.2 Å². The highest BCUT2D eigenvalue weighted by molar-refractivity contribution is 6.02. The van der Waals surface area contributed by atoms with Crippen LogP contribution in [-0.2, 0) is 38.2 Å². The average Bonchev–Trinajstić information content (AvgIpc) is 3.69. The summed E-state index contributed by atoms with van der Waals surface area (Å²) in [5.74, 6) is -5.19. The monoisotopic (exact) mass is 850 g/mol. The van der Waals surface area contributed by atoms with E-state index >= 15 is 0 Å². The summed E-state index contributed by atoms with van der Waals surface area (Å²) in [6.45, 7) is 12.9. The second kappa shape index (κ2) is 22.2. The maximum atomic E-state index is 13.6. The largest absolute Gasteiger partial charge is 0.467 e. The predicted molar refractivity (Wildman–Crippen MR) is 224 cm³/mol. The van der Waals surface area contributed by atoms with Crippen molar-refractivity contribution in [3.63, 3.8) is 0 Å². The molecule has 19 heteroatoms. The molecule has 332 valence electrons. The van der Waals surface area contributed by atoms with Crippen LogP contribution in [0.1, 0.15) is 88.9 Å². The number of benzene rings is 2. The van der Waals surface area contributed by atoms with Crippen molar-refractivity contribution in [2.24, 2.45) is 11.8 Å². The van der Waals surface area contributed by atoms with Crippen molar-refractivity contribution in [3.8, 4) is 0 Å². The maximum absolute atomic E-state index is 13.6. The molecule has 0 spiro atoms. The van der Waals surface area contributed by atoms with Crippen molar-refractivity contribution in [2.75, 3.05) is 37.4 Å². The smallest absolute Gasteiger partial charge is 0.408 e. The van der Waals surface area contributed by atoms with Gasteiger partial charge in [-0.3, -0.25) is 33.6 Å². The van der Waals surface area contributed by atoms with Gasteiger partial charge < -0.3 is 51.6 Å². The van der Waals surface area contributed by atoms with E-state index in [2.05, 4.69) is 37.2 Å². The predicted octanol–water partition coefficient (Wildman–Crippen LogP) is 2.08. The fourth-order valence-corrected chi connectivity index (χ4v) is 6.11. The number of nitrogens with one attached hydrogen (secondary N) is 7. The van der Waals surface area contributed by atoms with Crippen molar-refractivity contribution in [1.82, 2.24) is 31.5 Å². The SMILES string of the molecule is COC(=O)[C@@H](NC(=O)[C@@H](NC(=O)c1cccc(NC(=O)CNC(=O)[C@@H]2CCCN2C(=O)c2cccc(NC(=O)CNC(=O)[C@H](C)NC(=O)OC(C)(C)C)c2)c1)C(C)C)C(C)C. The Kier molecular flexibility index (Phi) is 17.8. The van der Waals surface area contributed by atoms with E-state index in [1.165, 1.54) is 49.3 Å². The van der Waals surface area contributed by atoms with Gasteiger partial charge in [-0.15, -0.1) is 0 Å². The zero-order valence-corrected chi connectivity index (χ0v) is 36.1. The Hall–Kier alpha value is -6.53. The lowest BCUT2D eigenvalue weighted by atomic mass is 10.00. The first-order valence-electron chi connectivity index (χ1n) is 19.9. The number of rotatable bonds is 17. The fraction of sp³-hybridized carbons (Fsp3) is 0.500. The standard InChI is InChI=1S/C42H58N8O11/c1-23(2)33(38(56)49-34(24(3)4)40(58)60-9)48-36(54)26-13-10-15-28(19-26)46-32(52)22-44-37(55)30-17-12-18-50(30)39(57)27-14-11-16-29(20-27)47-31(51)21-43-35(53)25(5)45-41(59)61-42(6,7)8/h10-11,13-16,19-20,23-25,30,33-34H,12,17-18,21-22H2,1-9H3,(H,43,53)(H,44,55)(H,45,59)(H,46,52)(H,47,51)(H,48,54)(H,49,56)/t25-,30-,33-,34-/m0/s1. The zero-order chi connectivity index (χ0) is 45.6. The molecule has 1 heterocycles. The average molecular weight is 851 g/mol. The van der Waals surface area contributed by atoms with E-state index in [0.717, 1.165) is 0 Å². The van der Waals surface area contributed by atoms with Crippen LogP contribution in [0.2, 0.25) is 0 Å². The van der Waals surface area contributed by atoms with E-state index in [1.807, 2.05) is 0 Å². The number of hydrogen-bond donors (Lipinski definition) is 7. The minimum atomic E-state index is -0.989. The van der Waals surface area contributed by atoms with Crippen LogP contribution in [0.25, 0.3) is 0 Å². The van der Waals surface area contributed by atoms with E-state index in [-0.39, 0.29) is 40.9 Å². The van der Waals surface area contributed by atoms with Crippen molar-refractivity contribution >= 4 is 64.8 Å². The molecule has 1 fully saturated rings. The van der Waals surface area contributed by atoms with Crippen LogP contribution in [0.3, 0.4) is 0 Å². The summed E-state index contributed by atoms with van der Waals surface area (Å²) < 4.78 is 9.93. The van der Waals surface area contributed by atoms with Crippen LogP contribution in [0, 0.1) is 11.8 Å². The van der Waals surface area contributed by atoms with Crippen molar-refractivity contribution in [2.45, 2.75) is 98.0 Å². The van der Waals surface area contributed by atoms with Crippen LogP contribution in [0.15, 0.2) is 48.5 Å². The highest BCUT2D eigenvalue weighted by Gasteiger charge is 2.35. The van der Waals surface area contributed by atoms with Gasteiger partial charge in [-0.1, -0.05) is 39.8 Å². The van der Waals surface area contributed by atoms with Crippen molar-refractivity contribution in [3.05, 3.63) is 59.7 Å². The molecular weight excluding hydrogens is 793 g/mol. The van der Waals surface area contributed by atoms with Gasteiger partial charge in [-0.25, -0.2) is 9.59 Å². The lowest BCUT2D eigenvalue weighted by molar-refractivity contribution is -0.146. The number of anilines is 2. The number of carbonyl (C=O) groups is 9. The quantitative estimate of drug-likeness (QED) is 0.113. The van der Waals surface area contributed by atoms with Gasteiger partial charge in [0.25, 0.3) is 11.8 Å². The van der Waals surface area contributed by atoms with Crippen LogP contribution in [0.4, 0.5) is 16.2 Å². The summed E-state index contributed by atoms with van der Waals surface area (Å²) in [5.41, 5.74) is 0.0987. The molecule has 4 atom stereocenters. The lowest BCUT2D eigenvalue weighted by Gasteiger charge is -2.26. The van der Waals surface area contributed by atoms with E-state index in [9.17, 15) is 43.2 Å². The Bertz CT molecular complexity index is 1960. The summed E-state index contributed by atoms with van der Waals surface area (Å²) in [6, 6.07) is 8.32. The number of ether oxygens (including phenoxy) is 2. The molecule has 0 bridgehead atoms. The van der Waals surface area contributed by atoms with Gasteiger partial charge in [0.1, 0.15) is 29.8 Å². The minimum absolute atomic E-state index is 0.142. The molecule has 3 rings (SSSR count). The van der Waals surface area contributed by atoms with E-state index in [4.69, 9.17) is 9.47 Å². The first-order chi connectivity index (χ1) is 28.6. The van der Waals surface area contributed by atoms with E-state index in [0.29, 0.717) is 12.8 Å². The third-order valence-corrected chi connectivity index (χ3v) is 9.25. The maximum Gasteiger partial charge on any atom is 0.408 e. The molecule has 19 nitrogen and oxygen atoms in total. The molecule has 7 N–H and O–H groups in total. The first-order valence-corrected chi connectivity index (χ1v) is 19.9. The number of esters is 1. The number of likely N-dealkylation sites (tertiary alicyclic amines) is 1. The van der Waals surface area contributed by atoms with Gasteiger partial charge in [-0.05, 0) is 88.8 Å². The summed E-state index contributed by atoms with van der Waals surface area (Å²) in [4.78, 5) is 117. The third-order valence-electron chi connectivity index (χ3n) is 9.25. The molecule has 2 aromatic rings. The van der Waals surface area contributed by atoms with Crippen molar-refractivity contribution < 1.29 is 52.6 Å². The number of methoxy groups -OCH3 is 1. The van der Waals surface area contributed by atoms with Gasteiger partial charge in [-0.2, -0.15) is 0 Å². The molecule has 0 saturated carbocycles. The van der Waals surface area contributed by atoms with Gasteiger partial charge in [0.2, 0.25) is 29.5 Å². The third kappa shape index (κ3) is 15.2. The van der Waals surface area contributed by atoms with Crippen LogP contribution in [0.5, 0.6) is 0 Å². The second-order valence-electron chi connectivity index (χ2n) is 16.2. The highest BCUT2D eigenvalue weighted by atomic mass is 16.6. The Balaban J connectivity index is 1.53. The Morgan fingerprint density at radius 2 is 1.28 bits per heavy atom. The van der Waals surface area contributed by atoms with Gasteiger partial charge >= 0.3 is 12.1 Å². The molecule has 0 aliphatic carbocycles. The molecule has 2 aromatic carbocycles. The summed E-state index contributed by atoms with van der Waals surface area (Å²) in [5, 5.41) is 18.0. The van der Waals surface area contributed by atoms with Crippen LogP contribution in [-0.4, -0.2) is 115 Å². The van der Waals surface area contributed by atoms with Crippen LogP contribution < -0.4 is 37.2 Å². The van der Waals surface area contributed by atoms with Gasteiger partial charge in [0.15, 0.2) is 0 Å². The Morgan fingerprint density at radius 1 is 0.721 bits per heavy atom. The summed E-state index contributed by atoms with van der Waals surface area (Å²) in [6.07, 6.45) is 0.100. The van der Waals surface area contributed by atoms with Gasteiger partial charge in [0, 0.05) is 29.0 Å². The summed E-state index contributed by atoms with van der Waals surface area (Å²) >= 11 is 0. The topological polar surface area (TPSA) is 260 Å². The van der Waals surface area contributed by atoms with E-state index in [1.54, 1.807) is 66.7 Å². The minimum Gasteiger partial charge on any atom is -0.467 e. The molecule has 0 unspecified atom stereocenters. The number of alkyl carbamates (subject to hydrolysis) is 1. The zero-order valence-electron chi connectivity index (χ0n) is 36.1. The normalized spacial score (nSPS) is 15.1. The Morgan fingerprint density at radius 3 is 1.84 bits per heavy atom. The molecule has 61 heavy (non-hydrogen) atoms.